The third-order valence-corrected chi connectivity index (χ3v) is 6.99. The molecule has 2 amide bonds. The van der Waals surface area contributed by atoms with Crippen LogP contribution in [0.4, 0.5) is 11.4 Å². The van der Waals surface area contributed by atoms with Crippen LogP contribution in [0.15, 0.2) is 53.5 Å². The number of nitrogens with one attached hydrogen (secondary N) is 5. The van der Waals surface area contributed by atoms with Crippen molar-refractivity contribution in [2.45, 2.75) is 71.9 Å². The second-order valence-corrected chi connectivity index (χ2v) is 13.1. The number of guanidine groups is 1. The molecule has 0 aromatic heterocycles. The van der Waals surface area contributed by atoms with E-state index in [0.717, 1.165) is 0 Å². The minimum Gasteiger partial charge on any atom is -0.480 e. The molecule has 3 atom stereocenters. The lowest BCUT2D eigenvalue weighted by molar-refractivity contribution is -0.142. The molecule has 0 aliphatic rings. The van der Waals surface area contributed by atoms with E-state index in [1.54, 1.807) is 48.5 Å². The fourth-order valence-electron chi connectivity index (χ4n) is 4.54. The van der Waals surface area contributed by atoms with Crippen LogP contribution in [0.5, 0.6) is 0 Å². The summed E-state index contributed by atoms with van der Waals surface area (Å²) < 4.78 is 0. The Morgan fingerprint density at radius 3 is 2.09 bits per heavy atom. The normalized spacial score (nSPS) is 13.5. The molecule has 7 N–H and O–H groups in total. The van der Waals surface area contributed by atoms with E-state index in [4.69, 9.17) is 16.9 Å². The maximum atomic E-state index is 13.4. The maximum absolute atomic E-state index is 13.4. The summed E-state index contributed by atoms with van der Waals surface area (Å²) in [4.78, 5) is 53.7. The second-order valence-electron chi connectivity index (χ2n) is 12.7. The molecule has 14 heteroatoms. The predicted octanol–water partition coefficient (Wildman–Crippen LogP) is 4.19. The number of carbonyl (C=O) groups is 4. The Balaban J connectivity index is 2.08. The number of benzene rings is 2. The van der Waals surface area contributed by atoms with Gasteiger partial charge in [-0.2, -0.15) is 5.26 Å². The number of halogens is 1. The van der Waals surface area contributed by atoms with Crippen molar-refractivity contribution in [1.29, 1.82) is 5.26 Å². The van der Waals surface area contributed by atoms with Gasteiger partial charge in [0.1, 0.15) is 12.1 Å². The van der Waals surface area contributed by atoms with Crippen molar-refractivity contribution in [3.8, 4) is 6.19 Å². The Kier molecular flexibility index (Phi) is 15.1. The first kappa shape index (κ1) is 38.5. The van der Waals surface area contributed by atoms with Gasteiger partial charge in [-0.3, -0.25) is 14.9 Å². The molecule has 47 heavy (non-hydrogen) atoms. The number of nitrogens with zero attached hydrogens (tertiary/aromatic N) is 2. The van der Waals surface area contributed by atoms with Crippen LogP contribution in [0.2, 0.25) is 5.02 Å². The summed E-state index contributed by atoms with van der Waals surface area (Å²) >= 11 is 5.94. The fraction of sp³-hybridized carbons (Fsp3) is 0.455. The van der Waals surface area contributed by atoms with Crippen LogP contribution >= 0.6 is 11.6 Å². The largest absolute Gasteiger partial charge is 0.480 e. The molecule has 3 unspecified atom stereocenters. The van der Waals surface area contributed by atoms with Crippen LogP contribution in [0.3, 0.4) is 0 Å². The van der Waals surface area contributed by atoms with Crippen molar-refractivity contribution in [2.24, 2.45) is 16.3 Å². The van der Waals surface area contributed by atoms with Gasteiger partial charge in [-0.1, -0.05) is 58.4 Å². The van der Waals surface area contributed by atoms with E-state index >= 15 is 0 Å². The van der Waals surface area contributed by atoms with E-state index in [9.17, 15) is 29.4 Å². The molecule has 0 spiro atoms. The summed E-state index contributed by atoms with van der Waals surface area (Å²) in [6.45, 7) is 9.46. The SMILES string of the molecule is CC(C)CC(C(=O)NC(CNCCC(NC(=O)CC(C)(C)C)C(=O)O)C(=O)O)c1ccc(N=C(NC#N)Nc2ccc(Cl)cc2)cc1. The van der Waals surface area contributed by atoms with Gasteiger partial charge in [0.25, 0.3) is 0 Å². The van der Waals surface area contributed by atoms with E-state index < -0.39 is 35.8 Å². The molecule has 0 heterocycles. The minimum absolute atomic E-state index is 0.0249. The lowest BCUT2D eigenvalue weighted by Crippen LogP contribution is -2.49. The average Bonchev–Trinajstić information content (AvgIpc) is 2.97. The third kappa shape index (κ3) is 14.5. The topological polar surface area (TPSA) is 205 Å². The molecular formula is C33H44ClN7O6. The van der Waals surface area contributed by atoms with Crippen molar-refractivity contribution in [3.63, 3.8) is 0 Å². The molecular weight excluding hydrogens is 626 g/mol. The van der Waals surface area contributed by atoms with Crippen LogP contribution in [0.25, 0.3) is 0 Å². The highest BCUT2D eigenvalue weighted by atomic mass is 35.5. The molecule has 0 radical (unpaired) electrons. The van der Waals surface area contributed by atoms with Gasteiger partial charge in [0.05, 0.1) is 11.6 Å². The molecule has 0 bridgehead atoms. The number of aliphatic imine (C=N–C) groups is 1. The number of aliphatic carboxylic acids is 2. The lowest BCUT2D eigenvalue weighted by Gasteiger charge is -2.23. The van der Waals surface area contributed by atoms with E-state index in [1.807, 2.05) is 40.8 Å². The Morgan fingerprint density at radius 2 is 1.55 bits per heavy atom. The van der Waals surface area contributed by atoms with Gasteiger partial charge in [-0.15, -0.1) is 0 Å². The number of carboxylic acid groups (broad SMARTS) is 2. The van der Waals surface area contributed by atoms with Crippen LogP contribution in [-0.4, -0.2) is 65.1 Å². The molecule has 13 nitrogen and oxygen atoms in total. The fourth-order valence-corrected chi connectivity index (χ4v) is 4.66. The number of carboxylic acids is 2. The molecule has 0 saturated heterocycles. The number of rotatable bonds is 16. The standard InChI is InChI=1S/C33H44ClN7O6/c1-20(2)16-25(21-6-10-23(11-7-21)38-32(37-19-35)39-24-12-8-22(34)9-13-24)29(43)41-27(31(46)47)18-36-15-14-26(30(44)45)40-28(42)17-33(3,4)5/h6-13,20,25-27,36H,14-18H2,1-5H3,(H,40,42)(H,41,43)(H,44,45)(H,46,47)(H2,37,38,39). The third-order valence-electron chi connectivity index (χ3n) is 6.74. The van der Waals surface area contributed by atoms with Gasteiger partial charge in [-0.05, 0) is 72.7 Å². The van der Waals surface area contributed by atoms with Gasteiger partial charge in [0, 0.05) is 23.7 Å². The molecule has 254 valence electrons. The summed E-state index contributed by atoms with van der Waals surface area (Å²) in [5.41, 5.74) is 1.51. The number of anilines is 1. The van der Waals surface area contributed by atoms with Crippen LogP contribution in [0, 0.1) is 22.8 Å². The van der Waals surface area contributed by atoms with Gasteiger partial charge in [-0.25, -0.2) is 14.6 Å². The predicted molar refractivity (Wildman–Crippen MR) is 180 cm³/mol. The number of carbonyl (C=O) groups excluding carboxylic acids is 2. The zero-order chi connectivity index (χ0) is 35.1. The Hall–Kier alpha value is -4.67. The molecule has 0 aliphatic carbocycles. The first-order valence-corrected chi connectivity index (χ1v) is 15.6. The number of hydrogen-bond donors (Lipinski definition) is 7. The van der Waals surface area contributed by atoms with Crippen LogP contribution < -0.4 is 26.6 Å². The van der Waals surface area contributed by atoms with Gasteiger partial charge >= 0.3 is 11.9 Å². The minimum atomic E-state index is -1.28. The van der Waals surface area contributed by atoms with E-state index in [0.29, 0.717) is 28.4 Å². The highest BCUT2D eigenvalue weighted by molar-refractivity contribution is 6.30. The molecule has 2 aromatic carbocycles. The zero-order valence-electron chi connectivity index (χ0n) is 27.3. The number of hydrogen-bond acceptors (Lipinski definition) is 7. The summed E-state index contributed by atoms with van der Waals surface area (Å²) in [6, 6.07) is 11.3. The van der Waals surface area contributed by atoms with Crippen molar-refractivity contribution < 1.29 is 29.4 Å². The maximum Gasteiger partial charge on any atom is 0.327 e. The summed E-state index contributed by atoms with van der Waals surface area (Å²) in [5, 5.41) is 42.5. The average molecular weight is 670 g/mol. The van der Waals surface area contributed by atoms with Gasteiger partial charge in [0.15, 0.2) is 6.19 Å². The molecule has 2 aromatic rings. The zero-order valence-corrected chi connectivity index (χ0v) is 28.0. The van der Waals surface area contributed by atoms with E-state index in [2.05, 4.69) is 31.6 Å². The molecule has 0 saturated carbocycles. The summed E-state index contributed by atoms with van der Waals surface area (Å²) in [6.07, 6.45) is 2.47. The molecule has 2 rings (SSSR count). The first-order valence-electron chi connectivity index (χ1n) is 15.2. The lowest BCUT2D eigenvalue weighted by atomic mass is 9.89. The summed E-state index contributed by atoms with van der Waals surface area (Å²) in [5.74, 6) is -3.67. The smallest absolute Gasteiger partial charge is 0.327 e. The van der Waals surface area contributed by atoms with E-state index in [1.165, 1.54) is 0 Å². The van der Waals surface area contributed by atoms with E-state index in [-0.39, 0.29) is 49.1 Å². The second kappa shape index (κ2) is 18.5. The first-order chi connectivity index (χ1) is 22.1. The Labute approximate surface area is 280 Å². The van der Waals surface area contributed by atoms with Crippen molar-refractivity contribution in [3.05, 3.63) is 59.1 Å². The van der Waals surface area contributed by atoms with Crippen LogP contribution in [0.1, 0.15) is 65.4 Å². The van der Waals surface area contributed by atoms with Crippen molar-refractivity contribution in [1.82, 2.24) is 21.3 Å². The quantitative estimate of drug-likeness (QED) is 0.0446. The Bertz CT molecular complexity index is 1430. The van der Waals surface area contributed by atoms with Gasteiger partial charge < -0.3 is 31.5 Å². The van der Waals surface area contributed by atoms with Crippen molar-refractivity contribution in [2.75, 3.05) is 18.4 Å². The number of amides is 2. The highest BCUT2D eigenvalue weighted by Gasteiger charge is 2.28. The highest BCUT2D eigenvalue weighted by Crippen LogP contribution is 2.27. The monoisotopic (exact) mass is 669 g/mol. The molecule has 0 aliphatic heterocycles. The van der Waals surface area contributed by atoms with Crippen LogP contribution in [-0.2, 0) is 19.2 Å². The van der Waals surface area contributed by atoms with Crippen molar-refractivity contribution >= 4 is 52.7 Å². The van der Waals surface area contributed by atoms with Gasteiger partial charge in [0.2, 0.25) is 17.8 Å². The Morgan fingerprint density at radius 1 is 0.936 bits per heavy atom. The molecule has 0 fully saturated rings. The number of nitriles is 1. The summed E-state index contributed by atoms with van der Waals surface area (Å²) in [7, 11) is 0.